The van der Waals surface area contributed by atoms with Crippen LogP contribution in [0, 0.1) is 0 Å². The van der Waals surface area contributed by atoms with Gasteiger partial charge in [-0.25, -0.2) is 4.98 Å². The summed E-state index contributed by atoms with van der Waals surface area (Å²) in [6, 6.07) is 9.28. The molecule has 104 valence electrons. The summed E-state index contributed by atoms with van der Waals surface area (Å²) in [5.74, 6) is 0. The van der Waals surface area contributed by atoms with Gasteiger partial charge < -0.3 is 5.32 Å². The lowest BCUT2D eigenvalue weighted by Gasteiger charge is -2.31. The average Bonchev–Trinajstić information content (AvgIpc) is 3.06. The summed E-state index contributed by atoms with van der Waals surface area (Å²) in [6.45, 7) is 5.83. The minimum Gasteiger partial charge on any atom is -0.308 e. The van der Waals surface area contributed by atoms with Crippen molar-refractivity contribution in [1.82, 2.24) is 10.3 Å². The van der Waals surface area contributed by atoms with Crippen LogP contribution in [-0.4, -0.2) is 11.5 Å². The summed E-state index contributed by atoms with van der Waals surface area (Å²) >= 11 is 1.92. The van der Waals surface area contributed by atoms with E-state index in [9.17, 15) is 0 Å². The molecule has 0 amide bonds. The molecule has 1 aliphatic heterocycles. The summed E-state index contributed by atoms with van der Waals surface area (Å²) in [5, 5.41) is 4.87. The minimum absolute atomic E-state index is 0.219. The van der Waals surface area contributed by atoms with E-state index in [1.165, 1.54) is 39.5 Å². The quantitative estimate of drug-likeness (QED) is 0.854. The minimum atomic E-state index is 0.219. The number of nitrogens with zero attached hydrogens (tertiary/aromatic N) is 1. The molecular formula is C17H20N2S. The Hall–Kier alpha value is -1.19. The van der Waals surface area contributed by atoms with Gasteiger partial charge in [-0.05, 0) is 36.8 Å². The van der Waals surface area contributed by atoms with Crippen LogP contribution in [0.15, 0.2) is 24.3 Å². The fraction of sp³-hybridized carbons (Fsp3) is 0.471. The topological polar surface area (TPSA) is 24.9 Å². The van der Waals surface area contributed by atoms with Crippen molar-refractivity contribution in [2.45, 2.75) is 44.6 Å². The molecule has 1 fully saturated rings. The average molecular weight is 284 g/mol. The molecule has 3 heteroatoms. The molecule has 2 aromatic rings. The van der Waals surface area contributed by atoms with E-state index in [1.54, 1.807) is 0 Å². The van der Waals surface area contributed by atoms with Crippen LogP contribution < -0.4 is 5.32 Å². The van der Waals surface area contributed by atoms with E-state index in [1.807, 2.05) is 11.3 Å². The Morgan fingerprint density at radius 3 is 2.95 bits per heavy atom. The van der Waals surface area contributed by atoms with Gasteiger partial charge in [0.15, 0.2) is 0 Å². The van der Waals surface area contributed by atoms with Gasteiger partial charge in [-0.15, -0.1) is 11.3 Å². The van der Waals surface area contributed by atoms with Crippen molar-refractivity contribution < 1.29 is 0 Å². The van der Waals surface area contributed by atoms with Gasteiger partial charge in [-0.3, -0.25) is 0 Å². The molecule has 20 heavy (non-hydrogen) atoms. The molecule has 1 saturated heterocycles. The monoisotopic (exact) mass is 284 g/mol. The molecule has 1 unspecified atom stereocenters. The predicted molar refractivity (Wildman–Crippen MR) is 84.3 cm³/mol. The highest BCUT2D eigenvalue weighted by molar-refractivity contribution is 7.12. The van der Waals surface area contributed by atoms with E-state index in [0.29, 0.717) is 6.04 Å². The molecule has 2 aliphatic rings. The maximum atomic E-state index is 5.00. The van der Waals surface area contributed by atoms with Gasteiger partial charge in [0, 0.05) is 10.4 Å². The molecule has 0 spiro atoms. The van der Waals surface area contributed by atoms with Crippen LogP contribution in [0.25, 0.3) is 11.3 Å². The van der Waals surface area contributed by atoms with Crippen LogP contribution in [0.4, 0.5) is 0 Å². The molecule has 2 nitrogen and oxygen atoms in total. The van der Waals surface area contributed by atoms with Crippen molar-refractivity contribution >= 4 is 11.3 Å². The second-order valence-corrected chi connectivity index (χ2v) is 7.69. The predicted octanol–water partition coefficient (Wildman–Crippen LogP) is 4.07. The molecular weight excluding hydrogens is 264 g/mol. The van der Waals surface area contributed by atoms with Crippen molar-refractivity contribution in [3.05, 3.63) is 39.7 Å². The standard InChI is InChI=1S/C17H20N2S/c1-17(2)10-14-15(11-6-3-4-7-12(11)17)19-16(20-14)13-8-5-9-18-13/h3-4,6-7,13,18H,5,8-10H2,1-2H3. The van der Waals surface area contributed by atoms with Crippen LogP contribution in [0.1, 0.15) is 48.2 Å². The van der Waals surface area contributed by atoms with Crippen molar-refractivity contribution in [1.29, 1.82) is 0 Å². The largest absolute Gasteiger partial charge is 0.308 e. The first-order valence-electron chi connectivity index (χ1n) is 7.48. The maximum absolute atomic E-state index is 5.00. The van der Waals surface area contributed by atoms with Crippen LogP contribution in [-0.2, 0) is 11.8 Å². The number of hydrogen-bond donors (Lipinski definition) is 1. The summed E-state index contributed by atoms with van der Waals surface area (Å²) < 4.78 is 0. The first kappa shape index (κ1) is 12.5. The van der Waals surface area contributed by atoms with Gasteiger partial charge in [0.05, 0.1) is 11.7 Å². The van der Waals surface area contributed by atoms with Gasteiger partial charge in [-0.1, -0.05) is 38.1 Å². The molecule has 1 aromatic carbocycles. The summed E-state index contributed by atoms with van der Waals surface area (Å²) in [7, 11) is 0. The first-order valence-corrected chi connectivity index (χ1v) is 8.30. The van der Waals surface area contributed by atoms with Crippen molar-refractivity contribution in [2.24, 2.45) is 0 Å². The Kier molecular flexibility index (Phi) is 2.76. The van der Waals surface area contributed by atoms with Gasteiger partial charge >= 0.3 is 0 Å². The lowest BCUT2D eigenvalue weighted by molar-refractivity contribution is 0.521. The molecule has 0 radical (unpaired) electrons. The Morgan fingerprint density at radius 2 is 2.15 bits per heavy atom. The van der Waals surface area contributed by atoms with E-state index in [0.717, 1.165) is 13.0 Å². The molecule has 1 aliphatic carbocycles. The molecule has 2 heterocycles. The third-order valence-electron chi connectivity index (χ3n) is 4.59. The Labute approximate surface area is 124 Å². The third-order valence-corrected chi connectivity index (χ3v) is 5.76. The normalized spacial score (nSPS) is 23.4. The Balaban J connectivity index is 1.85. The Bertz CT molecular complexity index is 651. The summed E-state index contributed by atoms with van der Waals surface area (Å²) in [5.41, 5.74) is 4.26. The fourth-order valence-corrected chi connectivity index (χ4v) is 4.94. The van der Waals surface area contributed by atoms with E-state index in [2.05, 4.69) is 43.4 Å². The zero-order chi connectivity index (χ0) is 13.7. The fourth-order valence-electron chi connectivity index (χ4n) is 3.52. The molecule has 1 atom stereocenters. The maximum Gasteiger partial charge on any atom is 0.111 e. The van der Waals surface area contributed by atoms with E-state index < -0.39 is 0 Å². The van der Waals surface area contributed by atoms with E-state index in [-0.39, 0.29) is 5.41 Å². The Morgan fingerprint density at radius 1 is 1.30 bits per heavy atom. The van der Waals surface area contributed by atoms with Gasteiger partial charge in [0.25, 0.3) is 0 Å². The smallest absolute Gasteiger partial charge is 0.111 e. The number of rotatable bonds is 1. The lowest BCUT2D eigenvalue weighted by Crippen LogP contribution is -2.24. The number of nitrogens with one attached hydrogen (secondary N) is 1. The summed E-state index contributed by atoms with van der Waals surface area (Å²) in [4.78, 5) is 6.47. The number of thiazole rings is 1. The molecule has 1 N–H and O–H groups in total. The first-order chi connectivity index (χ1) is 9.65. The molecule has 0 saturated carbocycles. The van der Waals surface area contributed by atoms with Crippen LogP contribution in [0.5, 0.6) is 0 Å². The molecule has 4 rings (SSSR count). The zero-order valence-electron chi connectivity index (χ0n) is 12.1. The second kappa shape index (κ2) is 4.40. The lowest BCUT2D eigenvalue weighted by atomic mass is 9.74. The molecule has 1 aromatic heterocycles. The summed E-state index contributed by atoms with van der Waals surface area (Å²) in [6.07, 6.45) is 3.62. The van der Waals surface area contributed by atoms with Gasteiger partial charge in [-0.2, -0.15) is 0 Å². The number of aromatic nitrogens is 1. The highest BCUT2D eigenvalue weighted by Gasteiger charge is 2.34. The van der Waals surface area contributed by atoms with Crippen molar-refractivity contribution in [3.63, 3.8) is 0 Å². The number of benzene rings is 1. The molecule has 0 bridgehead atoms. The van der Waals surface area contributed by atoms with Crippen LogP contribution >= 0.6 is 11.3 Å². The van der Waals surface area contributed by atoms with Crippen LogP contribution in [0.3, 0.4) is 0 Å². The van der Waals surface area contributed by atoms with E-state index in [4.69, 9.17) is 4.98 Å². The zero-order valence-corrected chi connectivity index (χ0v) is 12.9. The third kappa shape index (κ3) is 1.84. The van der Waals surface area contributed by atoms with Crippen LogP contribution in [0.2, 0.25) is 0 Å². The number of hydrogen-bond acceptors (Lipinski definition) is 3. The van der Waals surface area contributed by atoms with Crippen molar-refractivity contribution in [2.75, 3.05) is 6.54 Å². The van der Waals surface area contributed by atoms with Crippen molar-refractivity contribution in [3.8, 4) is 11.3 Å². The van der Waals surface area contributed by atoms with Gasteiger partial charge in [0.2, 0.25) is 0 Å². The van der Waals surface area contributed by atoms with E-state index >= 15 is 0 Å². The van der Waals surface area contributed by atoms with Gasteiger partial charge in [0.1, 0.15) is 5.01 Å². The number of fused-ring (bicyclic) bond motifs is 3. The second-order valence-electron chi connectivity index (χ2n) is 6.58. The highest BCUT2D eigenvalue weighted by Crippen LogP contribution is 2.45. The SMILES string of the molecule is CC1(C)Cc2sc(C3CCCN3)nc2-c2ccccc21. The highest BCUT2D eigenvalue weighted by atomic mass is 32.1.